The van der Waals surface area contributed by atoms with Gasteiger partial charge in [-0.25, -0.2) is 4.79 Å². The Labute approximate surface area is 127 Å². The van der Waals surface area contributed by atoms with Crippen LogP contribution in [0.15, 0.2) is 34.9 Å². The lowest BCUT2D eigenvalue weighted by atomic mass is 10.2. The van der Waals surface area contributed by atoms with Gasteiger partial charge >= 0.3 is 5.97 Å². The molecule has 0 aliphatic heterocycles. The number of amides is 1. The van der Waals surface area contributed by atoms with E-state index in [9.17, 15) is 9.59 Å². The number of nitrogens with zero attached hydrogens (tertiary/aromatic N) is 1. The molecule has 0 spiro atoms. The molecular weight excluding hydrogens is 286 g/mol. The van der Waals surface area contributed by atoms with Crippen LogP contribution in [0.25, 0.3) is 0 Å². The first-order chi connectivity index (χ1) is 10.6. The Morgan fingerprint density at radius 2 is 2.00 bits per heavy atom. The highest BCUT2D eigenvalue weighted by Gasteiger charge is 2.07. The lowest BCUT2D eigenvalue weighted by molar-refractivity contribution is -0.115. The van der Waals surface area contributed by atoms with Gasteiger partial charge in [-0.05, 0) is 31.2 Å². The van der Waals surface area contributed by atoms with Gasteiger partial charge in [-0.3, -0.25) is 4.79 Å². The number of methoxy groups -OCH3 is 1. The van der Waals surface area contributed by atoms with Crippen molar-refractivity contribution in [2.45, 2.75) is 13.3 Å². The summed E-state index contributed by atoms with van der Waals surface area (Å²) in [4.78, 5) is 23.1. The maximum atomic E-state index is 11.8. The average molecular weight is 303 g/mol. The number of hydrogen-bond donors (Lipinski definition) is 2. The Morgan fingerprint density at radius 3 is 2.59 bits per heavy atom. The molecule has 116 valence electrons. The van der Waals surface area contributed by atoms with Crippen LogP contribution in [-0.2, 0) is 9.53 Å². The molecule has 0 aliphatic rings. The molecule has 0 atom stereocenters. The zero-order valence-electron chi connectivity index (χ0n) is 12.4. The van der Waals surface area contributed by atoms with Crippen LogP contribution in [0.1, 0.15) is 22.5 Å². The number of aromatic nitrogens is 1. The molecule has 0 fully saturated rings. The van der Waals surface area contributed by atoms with Gasteiger partial charge in [0.05, 0.1) is 12.7 Å². The van der Waals surface area contributed by atoms with Gasteiger partial charge < -0.3 is 19.9 Å². The van der Waals surface area contributed by atoms with Gasteiger partial charge in [-0.2, -0.15) is 0 Å². The summed E-state index contributed by atoms with van der Waals surface area (Å²) in [6.45, 7) is 2.24. The SMILES string of the molecule is COC(=O)c1ccc(NC(=O)CCNc2cc(C)on2)cc1. The Balaban J connectivity index is 1.78. The van der Waals surface area contributed by atoms with Crippen LogP contribution in [0, 0.1) is 6.92 Å². The number of carbonyl (C=O) groups is 2. The number of carbonyl (C=O) groups excluding carboxylic acids is 2. The van der Waals surface area contributed by atoms with Crippen molar-refractivity contribution in [3.05, 3.63) is 41.7 Å². The van der Waals surface area contributed by atoms with Crippen molar-refractivity contribution >= 4 is 23.4 Å². The minimum absolute atomic E-state index is 0.140. The third kappa shape index (κ3) is 4.34. The molecule has 2 rings (SSSR count). The lowest BCUT2D eigenvalue weighted by Crippen LogP contribution is -2.16. The minimum Gasteiger partial charge on any atom is -0.465 e. The van der Waals surface area contributed by atoms with Crippen molar-refractivity contribution in [3.63, 3.8) is 0 Å². The van der Waals surface area contributed by atoms with Gasteiger partial charge in [0.25, 0.3) is 0 Å². The van der Waals surface area contributed by atoms with E-state index >= 15 is 0 Å². The Bertz CT molecular complexity index is 649. The highest BCUT2D eigenvalue weighted by atomic mass is 16.5. The van der Waals surface area contributed by atoms with E-state index < -0.39 is 5.97 Å². The minimum atomic E-state index is -0.412. The van der Waals surface area contributed by atoms with Crippen LogP contribution < -0.4 is 10.6 Å². The van der Waals surface area contributed by atoms with E-state index in [4.69, 9.17) is 4.52 Å². The molecule has 7 heteroatoms. The van der Waals surface area contributed by atoms with Crippen LogP contribution >= 0.6 is 0 Å². The molecule has 1 aromatic heterocycles. The molecular formula is C15H17N3O4. The van der Waals surface area contributed by atoms with E-state index in [1.807, 2.05) is 0 Å². The summed E-state index contributed by atoms with van der Waals surface area (Å²) < 4.78 is 9.51. The van der Waals surface area contributed by atoms with Crippen LogP contribution in [0.3, 0.4) is 0 Å². The monoisotopic (exact) mass is 303 g/mol. The van der Waals surface area contributed by atoms with Crippen LogP contribution in [0.4, 0.5) is 11.5 Å². The number of esters is 1. The number of ether oxygens (including phenoxy) is 1. The normalized spacial score (nSPS) is 10.1. The summed E-state index contributed by atoms with van der Waals surface area (Å²) in [7, 11) is 1.32. The maximum absolute atomic E-state index is 11.8. The van der Waals surface area contributed by atoms with E-state index in [2.05, 4.69) is 20.5 Å². The summed E-state index contributed by atoms with van der Waals surface area (Å²) in [5.41, 5.74) is 1.05. The van der Waals surface area contributed by atoms with E-state index in [1.54, 1.807) is 37.3 Å². The maximum Gasteiger partial charge on any atom is 0.337 e. The summed E-state index contributed by atoms with van der Waals surface area (Å²) in [5, 5.41) is 9.50. The van der Waals surface area contributed by atoms with Crippen molar-refractivity contribution in [2.24, 2.45) is 0 Å². The van der Waals surface area contributed by atoms with Gasteiger partial charge in [0.1, 0.15) is 5.76 Å². The van der Waals surface area contributed by atoms with E-state index in [0.29, 0.717) is 29.4 Å². The molecule has 0 unspecified atom stereocenters. The molecule has 2 N–H and O–H groups in total. The summed E-state index contributed by atoms with van der Waals surface area (Å²) in [5.74, 6) is 0.758. The molecule has 0 radical (unpaired) electrons. The van der Waals surface area contributed by atoms with E-state index in [1.165, 1.54) is 7.11 Å². The second-order valence-electron chi connectivity index (χ2n) is 4.62. The van der Waals surface area contributed by atoms with Gasteiger partial charge in [0, 0.05) is 24.7 Å². The smallest absolute Gasteiger partial charge is 0.337 e. The Morgan fingerprint density at radius 1 is 1.27 bits per heavy atom. The first-order valence-electron chi connectivity index (χ1n) is 6.74. The van der Waals surface area contributed by atoms with Gasteiger partial charge in [-0.15, -0.1) is 0 Å². The summed E-state index contributed by atoms with van der Waals surface area (Å²) >= 11 is 0. The van der Waals surface area contributed by atoms with Crippen molar-refractivity contribution in [1.29, 1.82) is 0 Å². The highest BCUT2D eigenvalue weighted by Crippen LogP contribution is 2.11. The van der Waals surface area contributed by atoms with Crippen molar-refractivity contribution in [3.8, 4) is 0 Å². The molecule has 0 aliphatic carbocycles. The number of anilines is 2. The number of benzene rings is 1. The molecule has 22 heavy (non-hydrogen) atoms. The quantitative estimate of drug-likeness (QED) is 0.795. The third-order valence-electron chi connectivity index (χ3n) is 2.88. The zero-order chi connectivity index (χ0) is 15.9. The number of hydrogen-bond acceptors (Lipinski definition) is 6. The molecule has 0 bridgehead atoms. The fourth-order valence-corrected chi connectivity index (χ4v) is 1.78. The molecule has 0 saturated carbocycles. The average Bonchev–Trinajstić information content (AvgIpc) is 2.92. The van der Waals surface area contributed by atoms with Crippen LogP contribution in [-0.4, -0.2) is 30.7 Å². The van der Waals surface area contributed by atoms with Crippen molar-refractivity contribution in [1.82, 2.24) is 5.16 Å². The second-order valence-corrected chi connectivity index (χ2v) is 4.62. The molecule has 1 heterocycles. The largest absolute Gasteiger partial charge is 0.465 e. The first-order valence-corrected chi connectivity index (χ1v) is 6.74. The highest BCUT2D eigenvalue weighted by molar-refractivity contribution is 5.93. The summed E-state index contributed by atoms with van der Waals surface area (Å²) in [6.07, 6.45) is 0.282. The number of aryl methyl sites for hydroxylation is 1. The standard InChI is InChI=1S/C15H17N3O4/c1-10-9-13(18-22-10)16-8-7-14(19)17-12-5-3-11(4-6-12)15(20)21-2/h3-6,9H,7-8H2,1-2H3,(H,16,18)(H,17,19). The van der Waals surface area contributed by atoms with E-state index in [-0.39, 0.29) is 12.3 Å². The molecule has 2 aromatic rings. The van der Waals surface area contributed by atoms with E-state index in [0.717, 1.165) is 0 Å². The Hall–Kier alpha value is -2.83. The molecule has 1 aromatic carbocycles. The lowest BCUT2D eigenvalue weighted by Gasteiger charge is -2.06. The fourth-order valence-electron chi connectivity index (χ4n) is 1.78. The van der Waals surface area contributed by atoms with Crippen molar-refractivity contribution < 1.29 is 18.8 Å². The second kappa shape index (κ2) is 7.26. The predicted octanol–water partition coefficient (Wildman–Crippen LogP) is 2.21. The number of nitrogens with one attached hydrogen (secondary N) is 2. The Kier molecular flexibility index (Phi) is 5.13. The van der Waals surface area contributed by atoms with Crippen LogP contribution in [0.5, 0.6) is 0 Å². The summed E-state index contributed by atoms with van der Waals surface area (Å²) in [6, 6.07) is 8.25. The van der Waals surface area contributed by atoms with Gasteiger partial charge in [0.2, 0.25) is 5.91 Å². The fraction of sp³-hybridized carbons (Fsp3) is 0.267. The van der Waals surface area contributed by atoms with Crippen LogP contribution in [0.2, 0.25) is 0 Å². The molecule has 1 amide bonds. The predicted molar refractivity (Wildman–Crippen MR) is 80.8 cm³/mol. The molecule has 0 saturated heterocycles. The topological polar surface area (TPSA) is 93.5 Å². The van der Waals surface area contributed by atoms with Crippen molar-refractivity contribution in [2.75, 3.05) is 24.3 Å². The number of rotatable bonds is 6. The first kappa shape index (κ1) is 15.6. The van der Waals surface area contributed by atoms with Gasteiger partial charge in [0.15, 0.2) is 5.82 Å². The molecule has 7 nitrogen and oxygen atoms in total. The van der Waals surface area contributed by atoms with Gasteiger partial charge in [-0.1, -0.05) is 5.16 Å². The third-order valence-corrected chi connectivity index (χ3v) is 2.88. The zero-order valence-corrected chi connectivity index (χ0v) is 12.4.